The molecule has 1 aliphatic rings. The molecule has 6 heteroatoms. The summed E-state index contributed by atoms with van der Waals surface area (Å²) >= 11 is 0. The fourth-order valence-electron chi connectivity index (χ4n) is 3.17. The molecule has 1 heterocycles. The number of primary amides is 1. The molecule has 0 radical (unpaired) electrons. The monoisotopic (exact) mass is 354 g/mol. The fraction of sp³-hybridized carbons (Fsp3) is 0.300. The highest BCUT2D eigenvalue weighted by molar-refractivity contribution is 5.95. The second-order valence-corrected chi connectivity index (χ2v) is 6.17. The number of carbonyl (C=O) groups excluding carboxylic acids is 2. The largest absolute Gasteiger partial charge is 0.454 e. The van der Waals surface area contributed by atoms with Gasteiger partial charge in [0.05, 0.1) is 0 Å². The maximum absolute atomic E-state index is 13.1. The van der Waals surface area contributed by atoms with Crippen LogP contribution < -0.4 is 15.2 Å². The van der Waals surface area contributed by atoms with Gasteiger partial charge in [0.1, 0.15) is 0 Å². The number of hydrogen-bond donors (Lipinski definition) is 1. The van der Waals surface area contributed by atoms with E-state index in [0.29, 0.717) is 30.0 Å². The van der Waals surface area contributed by atoms with Crippen molar-refractivity contribution in [2.45, 2.75) is 25.8 Å². The number of ether oxygens (including phenoxy) is 2. The Kier molecular flexibility index (Phi) is 5.41. The van der Waals surface area contributed by atoms with Gasteiger partial charge in [-0.1, -0.05) is 30.3 Å². The van der Waals surface area contributed by atoms with E-state index >= 15 is 0 Å². The van der Waals surface area contributed by atoms with E-state index in [1.165, 1.54) is 0 Å². The zero-order valence-corrected chi connectivity index (χ0v) is 14.7. The summed E-state index contributed by atoms with van der Waals surface area (Å²) in [4.78, 5) is 26.3. The zero-order chi connectivity index (χ0) is 18.5. The van der Waals surface area contributed by atoms with Crippen LogP contribution in [0.3, 0.4) is 0 Å². The second-order valence-electron chi connectivity index (χ2n) is 6.17. The van der Waals surface area contributed by atoms with Gasteiger partial charge in [0.25, 0.3) is 5.91 Å². The minimum Gasteiger partial charge on any atom is -0.454 e. The van der Waals surface area contributed by atoms with E-state index < -0.39 is 5.91 Å². The summed E-state index contributed by atoms with van der Waals surface area (Å²) in [5.74, 6) is 0.597. The van der Waals surface area contributed by atoms with E-state index in [-0.39, 0.29) is 25.2 Å². The summed E-state index contributed by atoms with van der Waals surface area (Å²) in [6, 6.07) is 14.6. The van der Waals surface area contributed by atoms with Gasteiger partial charge in [0.2, 0.25) is 12.7 Å². The molecule has 0 aromatic heterocycles. The van der Waals surface area contributed by atoms with Crippen molar-refractivity contribution in [1.29, 1.82) is 0 Å². The van der Waals surface area contributed by atoms with Crippen molar-refractivity contribution in [2.24, 2.45) is 5.73 Å². The Balaban J connectivity index is 1.84. The SMILES string of the molecule is CCN(C(=O)c1ccc2c(c1)OCO2)[C@H](CC(N)=O)Cc1ccccc1. The molecular weight excluding hydrogens is 332 g/mol. The predicted molar refractivity (Wildman–Crippen MR) is 97.0 cm³/mol. The summed E-state index contributed by atoms with van der Waals surface area (Å²) in [7, 11) is 0. The first-order valence-electron chi connectivity index (χ1n) is 8.61. The maximum Gasteiger partial charge on any atom is 0.254 e. The molecule has 2 N–H and O–H groups in total. The van der Waals surface area contributed by atoms with Gasteiger partial charge in [0.15, 0.2) is 11.5 Å². The van der Waals surface area contributed by atoms with E-state index in [1.54, 1.807) is 23.1 Å². The first-order chi connectivity index (χ1) is 12.6. The van der Waals surface area contributed by atoms with Gasteiger partial charge in [-0.15, -0.1) is 0 Å². The number of rotatable bonds is 7. The molecule has 0 unspecified atom stereocenters. The van der Waals surface area contributed by atoms with Gasteiger partial charge < -0.3 is 20.1 Å². The van der Waals surface area contributed by atoms with Crippen molar-refractivity contribution >= 4 is 11.8 Å². The predicted octanol–water partition coefficient (Wildman–Crippen LogP) is 2.36. The molecule has 6 nitrogen and oxygen atoms in total. The molecule has 2 aromatic rings. The van der Waals surface area contributed by atoms with Gasteiger partial charge in [0, 0.05) is 24.6 Å². The van der Waals surface area contributed by atoms with Gasteiger partial charge in [-0.2, -0.15) is 0 Å². The summed E-state index contributed by atoms with van der Waals surface area (Å²) in [5, 5.41) is 0. The lowest BCUT2D eigenvalue weighted by Gasteiger charge is -2.30. The number of carbonyl (C=O) groups is 2. The van der Waals surface area contributed by atoms with E-state index in [9.17, 15) is 9.59 Å². The zero-order valence-electron chi connectivity index (χ0n) is 14.7. The first kappa shape index (κ1) is 17.8. The average Bonchev–Trinajstić information content (AvgIpc) is 3.10. The number of nitrogens with two attached hydrogens (primary N) is 1. The van der Waals surface area contributed by atoms with Crippen molar-refractivity contribution in [3.8, 4) is 11.5 Å². The molecule has 0 aliphatic carbocycles. The Morgan fingerprint density at radius 1 is 1.12 bits per heavy atom. The Morgan fingerprint density at radius 2 is 1.85 bits per heavy atom. The number of fused-ring (bicyclic) bond motifs is 1. The van der Waals surface area contributed by atoms with Crippen LogP contribution in [0.15, 0.2) is 48.5 Å². The quantitative estimate of drug-likeness (QED) is 0.827. The molecule has 0 bridgehead atoms. The molecular formula is C20H22N2O4. The van der Waals surface area contributed by atoms with Crippen molar-refractivity contribution < 1.29 is 19.1 Å². The molecule has 1 atom stereocenters. The van der Waals surface area contributed by atoms with Crippen LogP contribution >= 0.6 is 0 Å². The van der Waals surface area contributed by atoms with Crippen LogP contribution in [-0.2, 0) is 11.2 Å². The molecule has 2 aromatic carbocycles. The molecule has 2 amide bonds. The number of likely N-dealkylation sites (N-methyl/N-ethyl adjacent to an activating group) is 1. The van der Waals surface area contributed by atoms with Gasteiger partial charge >= 0.3 is 0 Å². The van der Waals surface area contributed by atoms with E-state index in [4.69, 9.17) is 15.2 Å². The maximum atomic E-state index is 13.1. The summed E-state index contributed by atoms with van der Waals surface area (Å²) < 4.78 is 10.6. The van der Waals surface area contributed by atoms with Gasteiger partial charge in [-0.25, -0.2) is 0 Å². The Labute approximate surface area is 152 Å². The smallest absolute Gasteiger partial charge is 0.254 e. The minimum atomic E-state index is -0.428. The molecule has 0 saturated carbocycles. The molecule has 3 rings (SSSR count). The second kappa shape index (κ2) is 7.91. The van der Waals surface area contributed by atoms with Crippen LogP contribution in [0.1, 0.15) is 29.3 Å². The minimum absolute atomic E-state index is 0.110. The Hall–Kier alpha value is -3.02. The normalized spacial score (nSPS) is 13.3. The third-order valence-electron chi connectivity index (χ3n) is 4.41. The number of amides is 2. The van der Waals surface area contributed by atoms with E-state index in [2.05, 4.69) is 0 Å². The van der Waals surface area contributed by atoms with Crippen LogP contribution in [0.4, 0.5) is 0 Å². The summed E-state index contributed by atoms with van der Waals surface area (Å²) in [6.45, 7) is 2.52. The number of hydrogen-bond acceptors (Lipinski definition) is 4. The molecule has 26 heavy (non-hydrogen) atoms. The molecule has 0 saturated heterocycles. The lowest BCUT2D eigenvalue weighted by Crippen LogP contribution is -2.43. The van der Waals surface area contributed by atoms with Crippen LogP contribution in [0, 0.1) is 0 Å². The highest BCUT2D eigenvalue weighted by atomic mass is 16.7. The van der Waals surface area contributed by atoms with Crippen LogP contribution in [0.5, 0.6) is 11.5 Å². The van der Waals surface area contributed by atoms with Crippen molar-refractivity contribution in [3.05, 3.63) is 59.7 Å². The Morgan fingerprint density at radius 3 is 2.54 bits per heavy atom. The summed E-state index contributed by atoms with van der Waals surface area (Å²) in [5.41, 5.74) is 6.99. The van der Waals surface area contributed by atoms with Crippen LogP contribution in [0.25, 0.3) is 0 Å². The summed E-state index contributed by atoms with van der Waals surface area (Å²) in [6.07, 6.45) is 0.674. The molecule has 136 valence electrons. The van der Waals surface area contributed by atoms with E-state index in [0.717, 1.165) is 5.56 Å². The highest BCUT2D eigenvalue weighted by Gasteiger charge is 2.26. The average molecular weight is 354 g/mol. The van der Waals surface area contributed by atoms with Gasteiger partial charge in [-0.3, -0.25) is 9.59 Å². The first-order valence-corrected chi connectivity index (χ1v) is 8.61. The van der Waals surface area contributed by atoms with Crippen molar-refractivity contribution in [2.75, 3.05) is 13.3 Å². The van der Waals surface area contributed by atoms with Crippen molar-refractivity contribution in [1.82, 2.24) is 4.90 Å². The number of nitrogens with zero attached hydrogens (tertiary/aromatic N) is 1. The third-order valence-corrected chi connectivity index (χ3v) is 4.41. The number of benzene rings is 2. The highest BCUT2D eigenvalue weighted by Crippen LogP contribution is 2.33. The standard InChI is InChI=1S/C20H22N2O4/c1-2-22(16(12-19(21)23)10-14-6-4-3-5-7-14)20(24)15-8-9-17-18(11-15)26-13-25-17/h3-9,11,16H,2,10,12-13H2,1H3,(H2,21,23)/t16-/m0/s1. The topological polar surface area (TPSA) is 81.9 Å². The fourth-order valence-corrected chi connectivity index (χ4v) is 3.17. The van der Waals surface area contributed by atoms with Crippen LogP contribution in [0.2, 0.25) is 0 Å². The lowest BCUT2D eigenvalue weighted by molar-refractivity contribution is -0.119. The molecule has 1 aliphatic heterocycles. The van der Waals surface area contributed by atoms with Gasteiger partial charge in [-0.05, 0) is 37.1 Å². The van der Waals surface area contributed by atoms with Crippen LogP contribution in [-0.4, -0.2) is 36.1 Å². The lowest BCUT2D eigenvalue weighted by atomic mass is 10.00. The third kappa shape index (κ3) is 3.96. The Bertz CT molecular complexity index is 792. The van der Waals surface area contributed by atoms with Crippen molar-refractivity contribution in [3.63, 3.8) is 0 Å². The molecule has 0 fully saturated rings. The molecule has 0 spiro atoms. The van der Waals surface area contributed by atoms with E-state index in [1.807, 2.05) is 37.3 Å².